The van der Waals surface area contributed by atoms with Gasteiger partial charge in [-0.1, -0.05) is 29.3 Å². The van der Waals surface area contributed by atoms with E-state index >= 15 is 0 Å². The molecule has 0 spiro atoms. The number of rotatable bonds is 5. The van der Waals surface area contributed by atoms with Gasteiger partial charge >= 0.3 is 0 Å². The third-order valence-corrected chi connectivity index (χ3v) is 7.18. The number of sulfone groups is 1. The SMILES string of the molecule is O=C(Nc1ccc(F)cc1F)c1sccc1S(=O)(=O)Cc1c(Cl)cccc1Cl. The van der Waals surface area contributed by atoms with Gasteiger partial charge < -0.3 is 5.32 Å². The minimum Gasteiger partial charge on any atom is -0.319 e. The molecule has 1 heterocycles. The Kier molecular flexibility index (Phi) is 6.04. The average Bonchev–Trinajstić information content (AvgIpc) is 3.12. The molecule has 1 aromatic heterocycles. The number of hydrogen-bond donors (Lipinski definition) is 1. The van der Waals surface area contributed by atoms with Crippen molar-refractivity contribution in [2.75, 3.05) is 5.32 Å². The quantitative estimate of drug-likeness (QED) is 0.540. The minimum absolute atomic E-state index is 0.132. The predicted molar refractivity (Wildman–Crippen MR) is 106 cm³/mol. The molecule has 146 valence electrons. The van der Waals surface area contributed by atoms with Crippen LogP contribution in [0, 0.1) is 11.6 Å². The highest BCUT2D eigenvalue weighted by Crippen LogP contribution is 2.31. The molecule has 0 aliphatic carbocycles. The van der Waals surface area contributed by atoms with E-state index in [0.717, 1.165) is 23.5 Å². The standard InChI is InChI=1S/C18H11Cl2F2NO3S2/c19-12-2-1-3-13(20)11(12)9-28(25,26)16-6-7-27-17(16)18(24)23-15-5-4-10(21)8-14(15)22/h1-8H,9H2,(H,23,24). The van der Waals surface area contributed by atoms with Crippen molar-refractivity contribution < 1.29 is 22.0 Å². The first kappa shape index (κ1) is 20.7. The third kappa shape index (κ3) is 4.35. The molecular formula is C18H11Cl2F2NO3S2. The number of thiophene rings is 1. The molecular weight excluding hydrogens is 451 g/mol. The monoisotopic (exact) mass is 461 g/mol. The topological polar surface area (TPSA) is 63.2 Å². The van der Waals surface area contributed by atoms with Crippen LogP contribution in [0.1, 0.15) is 15.2 Å². The number of carbonyl (C=O) groups is 1. The molecule has 1 amide bonds. The van der Waals surface area contributed by atoms with Crippen molar-refractivity contribution in [3.05, 3.63) is 80.0 Å². The van der Waals surface area contributed by atoms with E-state index in [1.54, 1.807) is 6.07 Å². The van der Waals surface area contributed by atoms with Crippen LogP contribution in [0.5, 0.6) is 0 Å². The first-order chi connectivity index (χ1) is 13.2. The van der Waals surface area contributed by atoms with Gasteiger partial charge in [0, 0.05) is 21.7 Å². The van der Waals surface area contributed by atoms with Crippen LogP contribution in [-0.4, -0.2) is 14.3 Å². The molecule has 0 fully saturated rings. The van der Waals surface area contributed by atoms with Crippen LogP contribution in [0.2, 0.25) is 10.0 Å². The maximum Gasteiger partial charge on any atom is 0.267 e. The number of nitrogens with one attached hydrogen (secondary N) is 1. The highest BCUT2D eigenvalue weighted by molar-refractivity contribution is 7.91. The Hall–Kier alpha value is -2.00. The molecule has 1 N–H and O–H groups in total. The largest absolute Gasteiger partial charge is 0.319 e. The van der Waals surface area contributed by atoms with Gasteiger partial charge in [-0.05, 0) is 35.7 Å². The van der Waals surface area contributed by atoms with Crippen LogP contribution < -0.4 is 5.32 Å². The van der Waals surface area contributed by atoms with Gasteiger partial charge in [0.25, 0.3) is 5.91 Å². The molecule has 0 saturated carbocycles. The van der Waals surface area contributed by atoms with Gasteiger partial charge in [-0.15, -0.1) is 11.3 Å². The number of halogens is 4. The van der Waals surface area contributed by atoms with Crippen LogP contribution in [0.3, 0.4) is 0 Å². The lowest BCUT2D eigenvalue weighted by molar-refractivity contribution is 0.102. The van der Waals surface area contributed by atoms with E-state index in [0.29, 0.717) is 6.07 Å². The summed E-state index contributed by atoms with van der Waals surface area (Å²) in [6.45, 7) is 0. The first-order valence-electron chi connectivity index (χ1n) is 7.68. The summed E-state index contributed by atoms with van der Waals surface area (Å²) in [5, 5.41) is 4.05. The molecule has 28 heavy (non-hydrogen) atoms. The van der Waals surface area contributed by atoms with Crippen LogP contribution in [0.4, 0.5) is 14.5 Å². The molecule has 0 aliphatic heterocycles. The molecule has 0 atom stereocenters. The molecule has 0 aliphatic rings. The second-order valence-corrected chi connectivity index (χ2v) is 9.34. The number of anilines is 1. The van der Waals surface area contributed by atoms with Gasteiger partial charge in [0.1, 0.15) is 16.5 Å². The second kappa shape index (κ2) is 8.16. The zero-order chi connectivity index (χ0) is 20.5. The molecule has 0 radical (unpaired) electrons. The summed E-state index contributed by atoms with van der Waals surface area (Å²) in [6, 6.07) is 8.52. The van der Waals surface area contributed by atoms with E-state index in [9.17, 15) is 22.0 Å². The Morgan fingerprint density at radius 1 is 1.07 bits per heavy atom. The van der Waals surface area contributed by atoms with E-state index in [4.69, 9.17) is 23.2 Å². The highest BCUT2D eigenvalue weighted by atomic mass is 35.5. The summed E-state index contributed by atoms with van der Waals surface area (Å²) >= 11 is 13.0. The van der Waals surface area contributed by atoms with Crippen LogP contribution in [0.25, 0.3) is 0 Å². The van der Waals surface area contributed by atoms with Crippen molar-refractivity contribution in [2.24, 2.45) is 0 Å². The predicted octanol–water partition coefficient (Wildman–Crippen LogP) is 5.56. The lowest BCUT2D eigenvalue weighted by Crippen LogP contribution is -2.16. The normalized spacial score (nSPS) is 11.4. The molecule has 0 unspecified atom stereocenters. The lowest BCUT2D eigenvalue weighted by atomic mass is 10.2. The summed E-state index contributed by atoms with van der Waals surface area (Å²) in [4.78, 5) is 12.1. The Bertz CT molecular complexity index is 1140. The second-order valence-electron chi connectivity index (χ2n) is 5.65. The van der Waals surface area contributed by atoms with Crippen molar-refractivity contribution in [3.63, 3.8) is 0 Å². The van der Waals surface area contributed by atoms with E-state index in [2.05, 4.69) is 5.32 Å². The van der Waals surface area contributed by atoms with Crippen LogP contribution in [0.15, 0.2) is 52.7 Å². The summed E-state index contributed by atoms with van der Waals surface area (Å²) in [6.07, 6.45) is 0. The summed E-state index contributed by atoms with van der Waals surface area (Å²) in [5.74, 6) is -3.11. The number of hydrogen-bond acceptors (Lipinski definition) is 4. The molecule has 3 rings (SSSR count). The van der Waals surface area contributed by atoms with Gasteiger partial charge in [0.05, 0.1) is 16.3 Å². The molecule has 4 nitrogen and oxygen atoms in total. The minimum atomic E-state index is -3.97. The van der Waals surface area contributed by atoms with E-state index in [1.165, 1.54) is 23.6 Å². The van der Waals surface area contributed by atoms with E-state index < -0.39 is 33.1 Å². The summed E-state index contributed by atoms with van der Waals surface area (Å²) in [5.41, 5.74) is -0.0507. The number of amides is 1. The maximum absolute atomic E-state index is 13.8. The number of carbonyl (C=O) groups excluding carboxylic acids is 1. The van der Waals surface area contributed by atoms with Crippen molar-refractivity contribution in [2.45, 2.75) is 10.6 Å². The van der Waals surface area contributed by atoms with Crippen molar-refractivity contribution in [3.8, 4) is 0 Å². The Morgan fingerprint density at radius 2 is 1.75 bits per heavy atom. The zero-order valence-electron chi connectivity index (χ0n) is 13.9. The fourth-order valence-electron chi connectivity index (χ4n) is 2.42. The molecule has 0 bridgehead atoms. The van der Waals surface area contributed by atoms with E-state index in [-0.39, 0.29) is 31.1 Å². The van der Waals surface area contributed by atoms with Crippen molar-refractivity contribution >= 4 is 56.0 Å². The Morgan fingerprint density at radius 3 is 2.39 bits per heavy atom. The average molecular weight is 462 g/mol. The summed E-state index contributed by atoms with van der Waals surface area (Å²) < 4.78 is 52.4. The molecule has 0 saturated heterocycles. The summed E-state index contributed by atoms with van der Waals surface area (Å²) in [7, 11) is -3.97. The van der Waals surface area contributed by atoms with Crippen molar-refractivity contribution in [1.29, 1.82) is 0 Å². The molecule has 10 heteroatoms. The maximum atomic E-state index is 13.8. The number of benzene rings is 2. The van der Waals surface area contributed by atoms with Gasteiger partial charge in [0.2, 0.25) is 0 Å². The molecule has 2 aromatic carbocycles. The van der Waals surface area contributed by atoms with E-state index in [1.807, 2.05) is 0 Å². The third-order valence-electron chi connectivity index (χ3n) is 3.75. The first-order valence-corrected chi connectivity index (χ1v) is 11.0. The fraction of sp³-hybridized carbons (Fsp3) is 0.0556. The van der Waals surface area contributed by atoms with Gasteiger partial charge in [-0.2, -0.15) is 0 Å². The molecule has 3 aromatic rings. The van der Waals surface area contributed by atoms with Crippen LogP contribution >= 0.6 is 34.5 Å². The van der Waals surface area contributed by atoms with Gasteiger partial charge in [-0.25, -0.2) is 17.2 Å². The van der Waals surface area contributed by atoms with Crippen LogP contribution in [-0.2, 0) is 15.6 Å². The van der Waals surface area contributed by atoms with Gasteiger partial charge in [0.15, 0.2) is 9.84 Å². The smallest absolute Gasteiger partial charge is 0.267 e. The zero-order valence-corrected chi connectivity index (χ0v) is 17.0. The fourth-order valence-corrected chi connectivity index (χ4v) is 5.90. The Labute approximate surface area is 173 Å². The van der Waals surface area contributed by atoms with Crippen molar-refractivity contribution in [1.82, 2.24) is 0 Å². The van der Waals surface area contributed by atoms with Gasteiger partial charge in [-0.3, -0.25) is 4.79 Å². The lowest BCUT2D eigenvalue weighted by Gasteiger charge is -2.10. The highest BCUT2D eigenvalue weighted by Gasteiger charge is 2.26. The Balaban J connectivity index is 1.91.